The molecule has 1 aliphatic rings. The summed E-state index contributed by atoms with van der Waals surface area (Å²) in [6, 6.07) is 9.77. The number of carbonyl (C=O) groups is 1. The van der Waals surface area contributed by atoms with Gasteiger partial charge in [0.1, 0.15) is 23.5 Å². The van der Waals surface area contributed by atoms with Gasteiger partial charge in [0.15, 0.2) is 0 Å². The van der Waals surface area contributed by atoms with E-state index in [2.05, 4.69) is 38.0 Å². The van der Waals surface area contributed by atoms with Crippen molar-refractivity contribution >= 4 is 22.8 Å². The maximum Gasteiger partial charge on any atom is 0.321 e. The lowest BCUT2D eigenvalue weighted by Gasteiger charge is -2.18. The average Bonchev–Trinajstić information content (AvgIpc) is 3.48. The minimum Gasteiger partial charge on any atom is -0.424 e. The first kappa shape index (κ1) is 21.6. The molecule has 0 spiro atoms. The van der Waals surface area contributed by atoms with Crippen molar-refractivity contribution in [1.29, 1.82) is 0 Å². The quantitative estimate of drug-likeness (QED) is 0.440. The Morgan fingerprint density at radius 3 is 2.68 bits per heavy atom. The highest BCUT2D eigenvalue weighted by Gasteiger charge is 2.33. The van der Waals surface area contributed by atoms with Crippen LogP contribution in [0.15, 0.2) is 61.7 Å². The molecule has 5 rings (SSSR count). The second-order valence-electron chi connectivity index (χ2n) is 8.09. The van der Waals surface area contributed by atoms with Crippen molar-refractivity contribution in [2.24, 2.45) is 0 Å². The number of fused-ring (bicyclic) bond motifs is 1. The van der Waals surface area contributed by atoms with E-state index >= 15 is 0 Å². The van der Waals surface area contributed by atoms with Crippen molar-refractivity contribution in [2.75, 3.05) is 18.8 Å². The lowest BCUT2D eigenvalue weighted by atomic mass is 9.94. The summed E-state index contributed by atoms with van der Waals surface area (Å²) in [5.74, 6) is 1.15. The molecule has 4 aromatic rings. The molecule has 0 saturated carbocycles. The normalized spacial score (nSPS) is 15.6. The topological polar surface area (TPSA) is 112 Å². The van der Waals surface area contributed by atoms with Crippen LogP contribution < -0.4 is 10.5 Å². The van der Waals surface area contributed by atoms with E-state index in [9.17, 15) is 4.79 Å². The summed E-state index contributed by atoms with van der Waals surface area (Å²) < 4.78 is 7.95. The van der Waals surface area contributed by atoms with Gasteiger partial charge in [0.05, 0.1) is 5.39 Å². The molecule has 34 heavy (non-hydrogen) atoms. The predicted molar refractivity (Wildman–Crippen MR) is 129 cm³/mol. The number of nitrogens with two attached hydrogens (primary N) is 1. The molecule has 2 N–H and O–H groups in total. The molecule has 1 atom stereocenters. The number of aromatic nitrogens is 5. The Balaban J connectivity index is 1.61. The number of hydrogen-bond donors (Lipinski definition) is 1. The third-order valence-electron chi connectivity index (χ3n) is 6.18. The Morgan fingerprint density at radius 1 is 1.21 bits per heavy atom. The third kappa shape index (κ3) is 3.75. The first-order valence-corrected chi connectivity index (χ1v) is 11.2. The molecule has 4 heterocycles. The number of carbonyl (C=O) groups excluding carboxylic acids is 1. The monoisotopic (exact) mass is 455 g/mol. The van der Waals surface area contributed by atoms with Gasteiger partial charge in [-0.15, -0.1) is 0 Å². The SMILES string of the molecule is C=CC(=O)N1CC[C@@H](c2c(-c3ccc(Oc4ncccn4)cc3)c3c(N)ncnc3n2CC)C1. The molecular weight excluding hydrogens is 430 g/mol. The third-order valence-corrected chi connectivity index (χ3v) is 6.18. The molecule has 1 fully saturated rings. The average molecular weight is 456 g/mol. The number of rotatable bonds is 6. The Labute approximate surface area is 196 Å². The van der Waals surface area contributed by atoms with Crippen molar-refractivity contribution in [3.8, 4) is 22.9 Å². The Kier molecular flexibility index (Phi) is 5.67. The van der Waals surface area contributed by atoms with E-state index < -0.39 is 0 Å². The lowest BCUT2D eigenvalue weighted by Crippen LogP contribution is -2.26. The van der Waals surface area contributed by atoms with Crippen molar-refractivity contribution in [3.05, 3.63) is 67.4 Å². The van der Waals surface area contributed by atoms with E-state index in [0.29, 0.717) is 24.7 Å². The van der Waals surface area contributed by atoms with Gasteiger partial charge in [0.2, 0.25) is 5.91 Å². The summed E-state index contributed by atoms with van der Waals surface area (Å²) in [5, 5.41) is 0.827. The van der Waals surface area contributed by atoms with Crippen LogP contribution in [0.5, 0.6) is 11.8 Å². The van der Waals surface area contributed by atoms with E-state index in [1.807, 2.05) is 29.2 Å². The van der Waals surface area contributed by atoms with Gasteiger partial charge in [-0.1, -0.05) is 18.7 Å². The van der Waals surface area contributed by atoms with E-state index in [1.165, 1.54) is 12.4 Å². The van der Waals surface area contributed by atoms with Gasteiger partial charge < -0.3 is 19.9 Å². The zero-order valence-electron chi connectivity index (χ0n) is 18.9. The molecule has 0 unspecified atom stereocenters. The van der Waals surface area contributed by atoms with E-state index in [0.717, 1.165) is 40.8 Å². The molecule has 172 valence electrons. The van der Waals surface area contributed by atoms with Gasteiger partial charge in [-0.05, 0) is 43.2 Å². The summed E-state index contributed by atoms with van der Waals surface area (Å²) in [7, 11) is 0. The molecule has 0 bridgehead atoms. The summed E-state index contributed by atoms with van der Waals surface area (Å²) in [5.41, 5.74) is 10.3. The van der Waals surface area contributed by atoms with Crippen molar-refractivity contribution < 1.29 is 9.53 Å². The minimum absolute atomic E-state index is 0.0489. The smallest absolute Gasteiger partial charge is 0.321 e. The molecule has 1 saturated heterocycles. The first-order chi connectivity index (χ1) is 16.6. The Morgan fingerprint density at radius 2 is 1.97 bits per heavy atom. The maximum absolute atomic E-state index is 12.2. The van der Waals surface area contributed by atoms with E-state index in [-0.39, 0.29) is 17.8 Å². The van der Waals surface area contributed by atoms with Gasteiger partial charge in [-0.25, -0.2) is 19.9 Å². The largest absolute Gasteiger partial charge is 0.424 e. The molecule has 0 aliphatic carbocycles. The molecule has 9 nitrogen and oxygen atoms in total. The van der Waals surface area contributed by atoms with E-state index in [1.54, 1.807) is 18.5 Å². The van der Waals surface area contributed by atoms with Crippen LogP contribution in [-0.2, 0) is 11.3 Å². The summed E-state index contributed by atoms with van der Waals surface area (Å²) in [6.45, 7) is 7.75. The second kappa shape index (κ2) is 8.93. The number of anilines is 1. The summed E-state index contributed by atoms with van der Waals surface area (Å²) >= 11 is 0. The standard InChI is InChI=1S/C25H25N7O2/c1-3-19(33)31-13-10-17(14-31)22-20(21-23(26)29-15-30-24(21)32(22)4-2)16-6-8-18(9-7-16)34-25-27-11-5-12-28-25/h3,5-9,11-12,15,17H,1,4,10,13-14H2,2H3,(H2,26,29,30)/t17-/m1/s1. The van der Waals surface area contributed by atoms with Gasteiger partial charge in [0.25, 0.3) is 0 Å². The van der Waals surface area contributed by atoms with Crippen LogP contribution in [0.1, 0.15) is 25.0 Å². The van der Waals surface area contributed by atoms with Crippen molar-refractivity contribution in [3.63, 3.8) is 0 Å². The fourth-order valence-electron chi connectivity index (χ4n) is 4.69. The Hall–Kier alpha value is -4.27. The molecule has 1 amide bonds. The van der Waals surface area contributed by atoms with Crippen LogP contribution in [-0.4, -0.2) is 48.4 Å². The highest BCUT2D eigenvalue weighted by molar-refractivity contribution is 6.02. The number of aryl methyl sites for hydroxylation is 1. The molecular formula is C25H25N7O2. The Bertz CT molecular complexity index is 1350. The number of hydrogen-bond acceptors (Lipinski definition) is 7. The molecule has 0 radical (unpaired) electrons. The zero-order chi connectivity index (χ0) is 23.7. The lowest BCUT2D eigenvalue weighted by molar-refractivity contribution is -0.125. The first-order valence-electron chi connectivity index (χ1n) is 11.2. The molecule has 1 aliphatic heterocycles. The van der Waals surface area contributed by atoms with Crippen LogP contribution >= 0.6 is 0 Å². The van der Waals surface area contributed by atoms with Gasteiger partial charge in [0, 0.05) is 49.2 Å². The van der Waals surface area contributed by atoms with Crippen LogP contribution in [0.25, 0.3) is 22.2 Å². The highest BCUT2D eigenvalue weighted by Crippen LogP contribution is 2.43. The number of ether oxygens (including phenoxy) is 1. The van der Waals surface area contributed by atoms with Gasteiger partial charge >= 0.3 is 6.01 Å². The minimum atomic E-state index is -0.0489. The van der Waals surface area contributed by atoms with Crippen LogP contribution in [0.2, 0.25) is 0 Å². The second-order valence-corrected chi connectivity index (χ2v) is 8.09. The summed E-state index contributed by atoms with van der Waals surface area (Å²) in [4.78, 5) is 31.1. The maximum atomic E-state index is 12.2. The van der Waals surface area contributed by atoms with Gasteiger partial charge in [-0.2, -0.15) is 0 Å². The van der Waals surface area contributed by atoms with Crippen LogP contribution in [0.3, 0.4) is 0 Å². The fourth-order valence-corrected chi connectivity index (χ4v) is 4.69. The highest BCUT2D eigenvalue weighted by atomic mass is 16.5. The molecule has 3 aromatic heterocycles. The number of likely N-dealkylation sites (tertiary alicyclic amines) is 1. The molecule has 9 heteroatoms. The van der Waals surface area contributed by atoms with Crippen molar-refractivity contribution in [2.45, 2.75) is 25.8 Å². The van der Waals surface area contributed by atoms with E-state index in [4.69, 9.17) is 10.5 Å². The summed E-state index contributed by atoms with van der Waals surface area (Å²) in [6.07, 6.45) is 6.98. The molecule has 1 aromatic carbocycles. The predicted octanol–water partition coefficient (Wildman–Crippen LogP) is 3.78. The van der Waals surface area contributed by atoms with Gasteiger partial charge in [-0.3, -0.25) is 4.79 Å². The number of benzene rings is 1. The number of nitrogen functional groups attached to an aromatic ring is 1. The number of amides is 1. The number of nitrogens with zero attached hydrogens (tertiary/aromatic N) is 6. The zero-order valence-corrected chi connectivity index (χ0v) is 18.9. The van der Waals surface area contributed by atoms with Crippen LogP contribution in [0.4, 0.5) is 5.82 Å². The van der Waals surface area contributed by atoms with Crippen molar-refractivity contribution in [1.82, 2.24) is 29.4 Å². The van der Waals surface area contributed by atoms with Crippen LogP contribution in [0, 0.1) is 0 Å². The fraction of sp³-hybridized carbons (Fsp3) is 0.240.